The number of hydrogen-bond donors (Lipinski definition) is 0. The highest BCUT2D eigenvalue weighted by atomic mass is 16.6. The number of ether oxygens (including phenoxy) is 1. The van der Waals surface area contributed by atoms with E-state index >= 15 is 0 Å². The van der Waals surface area contributed by atoms with Gasteiger partial charge in [-0.1, -0.05) is 36.9 Å². The zero-order valence-corrected chi connectivity index (χ0v) is 11.6. The molecule has 1 rings (SSSR count). The first-order valence-corrected chi connectivity index (χ1v) is 6.06. The maximum absolute atomic E-state index is 11.5. The Hall–Kier alpha value is -1.61. The number of carbonyl (C=O) groups excluding carboxylic acids is 1. The summed E-state index contributed by atoms with van der Waals surface area (Å²) in [6.07, 6.45) is -0.214. The average Bonchev–Trinajstić information content (AvgIpc) is 2.29. The van der Waals surface area contributed by atoms with E-state index in [1.165, 1.54) is 5.56 Å². The SMILES string of the molecule is C=C(C)C(=O)OC(C)[N+](C)(C)Cc1ccccc1. The third-order valence-corrected chi connectivity index (χ3v) is 3.04. The van der Waals surface area contributed by atoms with Gasteiger partial charge >= 0.3 is 5.97 Å². The fourth-order valence-corrected chi connectivity index (χ4v) is 1.58. The summed E-state index contributed by atoms with van der Waals surface area (Å²) in [7, 11) is 4.09. The minimum absolute atomic E-state index is 0.214. The van der Waals surface area contributed by atoms with Crippen LogP contribution in [0.25, 0.3) is 0 Å². The second kappa shape index (κ2) is 5.83. The number of quaternary nitrogens is 1. The molecular formula is C15H22NO2+. The fourth-order valence-electron chi connectivity index (χ4n) is 1.58. The molecule has 98 valence electrons. The zero-order chi connectivity index (χ0) is 13.8. The standard InChI is InChI=1S/C15H22NO2/c1-12(2)15(17)18-13(3)16(4,5)11-14-9-7-6-8-10-14/h6-10,13H,1,11H2,2-5H3/q+1. The van der Waals surface area contributed by atoms with Crippen molar-refractivity contribution in [1.82, 2.24) is 0 Å². The van der Waals surface area contributed by atoms with Gasteiger partial charge in [0.05, 0.1) is 14.1 Å². The van der Waals surface area contributed by atoms with E-state index < -0.39 is 0 Å². The summed E-state index contributed by atoms with van der Waals surface area (Å²) >= 11 is 0. The number of rotatable bonds is 5. The summed E-state index contributed by atoms with van der Waals surface area (Å²) in [4.78, 5) is 11.5. The van der Waals surface area contributed by atoms with Crippen LogP contribution in [0.1, 0.15) is 19.4 Å². The molecule has 3 heteroatoms. The zero-order valence-electron chi connectivity index (χ0n) is 11.6. The molecular weight excluding hydrogens is 226 g/mol. The predicted octanol–water partition coefficient (Wildman–Crippen LogP) is 2.73. The second-order valence-corrected chi connectivity index (χ2v) is 5.21. The lowest BCUT2D eigenvalue weighted by Crippen LogP contribution is -2.48. The topological polar surface area (TPSA) is 26.3 Å². The summed E-state index contributed by atoms with van der Waals surface area (Å²) in [5.74, 6) is -0.332. The van der Waals surface area contributed by atoms with E-state index in [1.54, 1.807) is 6.92 Å². The van der Waals surface area contributed by atoms with Gasteiger partial charge in [-0.2, -0.15) is 0 Å². The Kier molecular flexibility index (Phi) is 4.68. The lowest BCUT2D eigenvalue weighted by molar-refractivity contribution is -0.945. The molecule has 0 bridgehead atoms. The van der Waals surface area contributed by atoms with Crippen LogP contribution in [0.3, 0.4) is 0 Å². The molecule has 0 radical (unpaired) electrons. The van der Waals surface area contributed by atoms with Crippen LogP contribution in [0.2, 0.25) is 0 Å². The van der Waals surface area contributed by atoms with Crippen molar-refractivity contribution in [2.45, 2.75) is 26.6 Å². The van der Waals surface area contributed by atoms with E-state index in [0.29, 0.717) is 10.1 Å². The highest BCUT2D eigenvalue weighted by Crippen LogP contribution is 2.15. The van der Waals surface area contributed by atoms with E-state index in [4.69, 9.17) is 4.74 Å². The summed E-state index contributed by atoms with van der Waals surface area (Å²) in [6.45, 7) is 7.97. The van der Waals surface area contributed by atoms with E-state index in [9.17, 15) is 4.79 Å². The third kappa shape index (κ3) is 4.00. The minimum Gasteiger partial charge on any atom is -0.409 e. The summed E-state index contributed by atoms with van der Waals surface area (Å²) in [5.41, 5.74) is 1.65. The van der Waals surface area contributed by atoms with E-state index in [0.717, 1.165) is 6.54 Å². The highest BCUT2D eigenvalue weighted by molar-refractivity contribution is 5.86. The van der Waals surface area contributed by atoms with Crippen molar-refractivity contribution in [2.24, 2.45) is 0 Å². The number of benzene rings is 1. The van der Waals surface area contributed by atoms with Crippen LogP contribution in [0.4, 0.5) is 0 Å². The van der Waals surface area contributed by atoms with Gasteiger partial charge in [0.1, 0.15) is 6.54 Å². The summed E-state index contributed by atoms with van der Waals surface area (Å²) in [5, 5.41) is 0. The van der Waals surface area contributed by atoms with Gasteiger partial charge in [0.15, 0.2) is 0 Å². The first kappa shape index (κ1) is 14.5. The molecule has 0 spiro atoms. The molecule has 0 saturated carbocycles. The van der Waals surface area contributed by atoms with Crippen LogP contribution in [0.5, 0.6) is 0 Å². The van der Waals surface area contributed by atoms with Crippen molar-refractivity contribution in [3.05, 3.63) is 48.0 Å². The molecule has 0 aliphatic rings. The number of hydrogen-bond acceptors (Lipinski definition) is 2. The van der Waals surface area contributed by atoms with Crippen LogP contribution >= 0.6 is 0 Å². The Bertz CT molecular complexity index is 423. The molecule has 0 fully saturated rings. The van der Waals surface area contributed by atoms with Crippen molar-refractivity contribution < 1.29 is 14.0 Å². The van der Waals surface area contributed by atoms with Gasteiger partial charge in [0.25, 0.3) is 0 Å². The Labute approximate surface area is 109 Å². The summed E-state index contributed by atoms with van der Waals surface area (Å²) in [6, 6.07) is 10.2. The summed E-state index contributed by atoms with van der Waals surface area (Å²) < 4.78 is 5.97. The van der Waals surface area contributed by atoms with Crippen LogP contribution < -0.4 is 0 Å². The monoisotopic (exact) mass is 248 g/mol. The van der Waals surface area contributed by atoms with Crippen LogP contribution in [0.15, 0.2) is 42.5 Å². The molecule has 0 N–H and O–H groups in total. The molecule has 3 nitrogen and oxygen atoms in total. The molecule has 18 heavy (non-hydrogen) atoms. The minimum atomic E-state index is -0.332. The largest absolute Gasteiger partial charge is 0.409 e. The predicted molar refractivity (Wildman–Crippen MR) is 72.6 cm³/mol. The Morgan fingerprint density at radius 2 is 1.89 bits per heavy atom. The molecule has 0 heterocycles. The van der Waals surface area contributed by atoms with Gasteiger partial charge in [-0.05, 0) is 6.92 Å². The molecule has 0 aliphatic heterocycles. The first-order valence-electron chi connectivity index (χ1n) is 6.06. The number of carbonyl (C=O) groups is 1. The van der Waals surface area contributed by atoms with Crippen molar-refractivity contribution in [3.63, 3.8) is 0 Å². The van der Waals surface area contributed by atoms with Crippen molar-refractivity contribution in [1.29, 1.82) is 0 Å². The Morgan fingerprint density at radius 3 is 2.39 bits per heavy atom. The molecule has 1 unspecified atom stereocenters. The molecule has 1 aromatic rings. The van der Waals surface area contributed by atoms with Gasteiger partial charge in [0, 0.05) is 18.1 Å². The quantitative estimate of drug-likeness (QED) is 0.346. The Balaban J connectivity index is 2.68. The third-order valence-electron chi connectivity index (χ3n) is 3.04. The molecule has 0 saturated heterocycles. The van der Waals surface area contributed by atoms with Gasteiger partial charge in [0.2, 0.25) is 6.23 Å². The lowest BCUT2D eigenvalue weighted by atomic mass is 10.2. The second-order valence-electron chi connectivity index (χ2n) is 5.21. The fraction of sp³-hybridized carbons (Fsp3) is 0.400. The van der Waals surface area contributed by atoms with E-state index in [2.05, 4.69) is 18.7 Å². The number of nitrogens with zero attached hydrogens (tertiary/aromatic N) is 1. The Morgan fingerprint density at radius 1 is 1.33 bits per heavy atom. The highest BCUT2D eigenvalue weighted by Gasteiger charge is 2.27. The normalized spacial score (nSPS) is 12.9. The average molecular weight is 248 g/mol. The molecule has 1 atom stereocenters. The lowest BCUT2D eigenvalue weighted by Gasteiger charge is -2.35. The smallest absolute Gasteiger partial charge is 0.337 e. The van der Waals surface area contributed by atoms with Crippen LogP contribution in [-0.4, -0.2) is 30.8 Å². The van der Waals surface area contributed by atoms with Crippen LogP contribution in [0, 0.1) is 0 Å². The van der Waals surface area contributed by atoms with Gasteiger partial charge in [-0.3, -0.25) is 4.48 Å². The van der Waals surface area contributed by atoms with Crippen LogP contribution in [-0.2, 0) is 16.1 Å². The van der Waals surface area contributed by atoms with Crippen molar-refractivity contribution in [3.8, 4) is 0 Å². The van der Waals surface area contributed by atoms with Gasteiger partial charge < -0.3 is 4.74 Å². The van der Waals surface area contributed by atoms with Crippen molar-refractivity contribution in [2.75, 3.05) is 14.1 Å². The molecule has 0 aliphatic carbocycles. The van der Waals surface area contributed by atoms with E-state index in [1.807, 2.05) is 39.2 Å². The molecule has 1 aromatic carbocycles. The molecule has 0 aromatic heterocycles. The van der Waals surface area contributed by atoms with E-state index in [-0.39, 0.29) is 12.2 Å². The first-order chi connectivity index (χ1) is 8.33. The molecule has 0 amide bonds. The van der Waals surface area contributed by atoms with Gasteiger partial charge in [-0.15, -0.1) is 0 Å². The van der Waals surface area contributed by atoms with Gasteiger partial charge in [-0.25, -0.2) is 4.79 Å². The maximum atomic E-state index is 11.5. The van der Waals surface area contributed by atoms with Crippen molar-refractivity contribution >= 4 is 5.97 Å². The maximum Gasteiger partial charge on any atom is 0.337 e. The number of esters is 1.